The average Bonchev–Trinajstić information content (AvgIpc) is 2.85. The number of methoxy groups -OCH3 is 1. The molecular weight excluding hydrogens is 294 g/mol. The summed E-state index contributed by atoms with van der Waals surface area (Å²) in [6, 6.07) is 7.92. The maximum absolute atomic E-state index is 5.28. The van der Waals surface area contributed by atoms with Crippen molar-refractivity contribution in [2.45, 2.75) is 13.5 Å². The van der Waals surface area contributed by atoms with Crippen LogP contribution in [0.5, 0.6) is 5.75 Å². The number of ether oxygens (including phenoxy) is 1. The lowest BCUT2D eigenvalue weighted by molar-refractivity contribution is 0.412. The molecule has 0 aliphatic rings. The monoisotopic (exact) mass is 309 g/mol. The number of hydrogen-bond acceptors (Lipinski definition) is 3. The van der Waals surface area contributed by atoms with Gasteiger partial charge in [0, 0.05) is 18.8 Å². The van der Waals surface area contributed by atoms with Gasteiger partial charge in [-0.2, -0.15) is 5.10 Å². The van der Waals surface area contributed by atoms with E-state index in [9.17, 15) is 0 Å². The van der Waals surface area contributed by atoms with Crippen molar-refractivity contribution >= 4 is 15.9 Å². The minimum absolute atomic E-state index is 0.789. The maximum Gasteiger partial charge on any atom is 0.135 e. The molecule has 0 unspecified atom stereocenters. The van der Waals surface area contributed by atoms with Crippen LogP contribution >= 0.6 is 15.9 Å². The highest BCUT2D eigenvalue weighted by Crippen LogP contribution is 2.26. The molecule has 18 heavy (non-hydrogen) atoms. The third kappa shape index (κ3) is 2.91. The second-order valence-electron chi connectivity index (χ2n) is 3.85. The van der Waals surface area contributed by atoms with Crippen LogP contribution < -0.4 is 10.1 Å². The van der Waals surface area contributed by atoms with Crippen molar-refractivity contribution in [1.82, 2.24) is 15.1 Å². The van der Waals surface area contributed by atoms with Crippen LogP contribution in [0.4, 0.5) is 0 Å². The van der Waals surface area contributed by atoms with Crippen LogP contribution in [0.1, 0.15) is 12.6 Å². The Balaban J connectivity index is 2.23. The first-order valence-corrected chi connectivity index (χ1v) is 6.63. The Morgan fingerprint density at radius 1 is 1.39 bits per heavy atom. The molecule has 4 nitrogen and oxygen atoms in total. The van der Waals surface area contributed by atoms with Crippen LogP contribution in [0.3, 0.4) is 0 Å². The van der Waals surface area contributed by atoms with E-state index < -0.39 is 0 Å². The third-order valence-electron chi connectivity index (χ3n) is 2.60. The predicted octanol–water partition coefficient (Wildman–Crippen LogP) is 2.75. The number of halogens is 1. The summed E-state index contributed by atoms with van der Waals surface area (Å²) < 4.78 is 8.07. The zero-order valence-corrected chi connectivity index (χ0v) is 12.1. The molecule has 0 spiro atoms. The number of hydrogen-bond donors (Lipinski definition) is 1. The number of benzene rings is 1. The molecule has 0 aliphatic heterocycles. The topological polar surface area (TPSA) is 39.1 Å². The van der Waals surface area contributed by atoms with Gasteiger partial charge in [-0.25, -0.2) is 4.68 Å². The number of nitrogens with one attached hydrogen (secondary N) is 1. The minimum Gasteiger partial charge on any atom is -0.495 e. The second-order valence-corrected chi connectivity index (χ2v) is 4.71. The molecule has 1 heterocycles. The normalized spacial score (nSPS) is 10.6. The van der Waals surface area contributed by atoms with Crippen molar-refractivity contribution in [2.24, 2.45) is 0 Å². The summed E-state index contributed by atoms with van der Waals surface area (Å²) in [5.41, 5.74) is 2.01. The Bertz CT molecular complexity index is 525. The average molecular weight is 310 g/mol. The second kappa shape index (κ2) is 6.02. The van der Waals surface area contributed by atoms with Crippen LogP contribution in [0.25, 0.3) is 5.69 Å². The van der Waals surface area contributed by atoms with Crippen molar-refractivity contribution < 1.29 is 4.74 Å². The smallest absolute Gasteiger partial charge is 0.135 e. The van der Waals surface area contributed by atoms with Crippen molar-refractivity contribution in [3.05, 3.63) is 40.6 Å². The molecule has 0 saturated heterocycles. The van der Waals surface area contributed by atoms with Gasteiger partial charge in [0.25, 0.3) is 0 Å². The van der Waals surface area contributed by atoms with Crippen LogP contribution in [0, 0.1) is 0 Å². The first-order chi connectivity index (χ1) is 8.74. The minimum atomic E-state index is 0.789. The summed E-state index contributed by atoms with van der Waals surface area (Å²) in [4.78, 5) is 0. The van der Waals surface area contributed by atoms with Crippen LogP contribution in [-0.2, 0) is 6.54 Å². The molecule has 2 rings (SSSR count). The molecule has 0 fully saturated rings. The molecule has 0 aliphatic carbocycles. The van der Waals surface area contributed by atoms with E-state index >= 15 is 0 Å². The third-order valence-corrected chi connectivity index (χ3v) is 3.25. The standard InChI is InChI=1S/C13H16BrN3O/c1-3-15-9-10-6-7-17(16-10)11-4-5-12(14)13(8-11)18-2/h4-8,15H,3,9H2,1-2H3. The quantitative estimate of drug-likeness (QED) is 0.923. The molecule has 0 bridgehead atoms. The lowest BCUT2D eigenvalue weighted by Crippen LogP contribution is -2.12. The van der Waals surface area contributed by atoms with Gasteiger partial charge in [-0.15, -0.1) is 0 Å². The number of rotatable bonds is 5. The van der Waals surface area contributed by atoms with Gasteiger partial charge in [0.2, 0.25) is 0 Å². The van der Waals surface area contributed by atoms with Gasteiger partial charge in [-0.05, 0) is 40.7 Å². The Morgan fingerprint density at radius 2 is 2.22 bits per heavy atom. The Labute approximate surface area is 115 Å². The van der Waals surface area contributed by atoms with E-state index in [0.717, 1.165) is 34.7 Å². The fourth-order valence-electron chi connectivity index (χ4n) is 1.64. The van der Waals surface area contributed by atoms with Gasteiger partial charge in [0.15, 0.2) is 0 Å². The Morgan fingerprint density at radius 3 is 2.94 bits per heavy atom. The summed E-state index contributed by atoms with van der Waals surface area (Å²) in [7, 11) is 1.66. The van der Waals surface area contributed by atoms with Gasteiger partial charge in [-0.1, -0.05) is 6.92 Å². The van der Waals surface area contributed by atoms with Crippen LogP contribution in [0.15, 0.2) is 34.9 Å². The summed E-state index contributed by atoms with van der Waals surface area (Å²) in [5, 5.41) is 7.76. The van der Waals surface area contributed by atoms with Crippen molar-refractivity contribution in [3.8, 4) is 11.4 Å². The van der Waals surface area contributed by atoms with Gasteiger partial charge in [0.1, 0.15) is 5.75 Å². The first kappa shape index (κ1) is 13.1. The van der Waals surface area contributed by atoms with Gasteiger partial charge in [-0.3, -0.25) is 0 Å². The molecule has 96 valence electrons. The van der Waals surface area contributed by atoms with E-state index in [1.807, 2.05) is 35.1 Å². The highest BCUT2D eigenvalue weighted by atomic mass is 79.9. The van der Waals surface area contributed by atoms with E-state index in [1.165, 1.54) is 0 Å². The van der Waals surface area contributed by atoms with E-state index in [2.05, 4.69) is 33.3 Å². The van der Waals surface area contributed by atoms with E-state index in [-0.39, 0.29) is 0 Å². The summed E-state index contributed by atoms with van der Waals surface area (Å²) in [6.07, 6.45) is 1.95. The van der Waals surface area contributed by atoms with E-state index in [0.29, 0.717) is 0 Å². The fraction of sp³-hybridized carbons (Fsp3) is 0.308. The SMILES string of the molecule is CCNCc1ccn(-c2ccc(Br)c(OC)c2)n1. The zero-order chi connectivity index (χ0) is 13.0. The Kier molecular flexibility index (Phi) is 4.38. The molecule has 1 aromatic heterocycles. The molecule has 1 N–H and O–H groups in total. The first-order valence-electron chi connectivity index (χ1n) is 5.83. The van der Waals surface area contributed by atoms with Crippen molar-refractivity contribution in [3.63, 3.8) is 0 Å². The van der Waals surface area contributed by atoms with Gasteiger partial charge < -0.3 is 10.1 Å². The van der Waals surface area contributed by atoms with Gasteiger partial charge in [0.05, 0.1) is 23.0 Å². The number of aromatic nitrogens is 2. The Hall–Kier alpha value is -1.33. The molecule has 0 atom stereocenters. The van der Waals surface area contributed by atoms with Gasteiger partial charge >= 0.3 is 0 Å². The lowest BCUT2D eigenvalue weighted by Gasteiger charge is -2.06. The highest BCUT2D eigenvalue weighted by molar-refractivity contribution is 9.10. The van der Waals surface area contributed by atoms with E-state index in [1.54, 1.807) is 7.11 Å². The predicted molar refractivity (Wildman–Crippen MR) is 75.2 cm³/mol. The van der Waals surface area contributed by atoms with Crippen molar-refractivity contribution in [2.75, 3.05) is 13.7 Å². The highest BCUT2D eigenvalue weighted by Gasteiger charge is 2.05. The number of nitrogens with zero attached hydrogens (tertiary/aromatic N) is 2. The summed E-state index contributed by atoms with van der Waals surface area (Å²) in [6.45, 7) is 3.81. The van der Waals surface area contributed by atoms with Crippen LogP contribution in [0.2, 0.25) is 0 Å². The molecule has 5 heteroatoms. The molecular formula is C13H16BrN3O. The summed E-state index contributed by atoms with van der Waals surface area (Å²) >= 11 is 3.44. The molecule has 0 radical (unpaired) electrons. The lowest BCUT2D eigenvalue weighted by atomic mass is 10.3. The largest absolute Gasteiger partial charge is 0.495 e. The summed E-state index contributed by atoms with van der Waals surface area (Å²) in [5.74, 6) is 0.802. The van der Waals surface area contributed by atoms with Crippen LogP contribution in [-0.4, -0.2) is 23.4 Å². The zero-order valence-electron chi connectivity index (χ0n) is 10.5. The molecule has 1 aromatic carbocycles. The maximum atomic E-state index is 5.28. The molecule has 0 saturated carbocycles. The fourth-order valence-corrected chi connectivity index (χ4v) is 2.05. The van der Waals surface area contributed by atoms with Crippen molar-refractivity contribution in [1.29, 1.82) is 0 Å². The van der Waals surface area contributed by atoms with E-state index in [4.69, 9.17) is 4.74 Å². The molecule has 2 aromatic rings. The molecule has 0 amide bonds.